The van der Waals surface area contributed by atoms with Crippen LogP contribution < -0.4 is 15.4 Å². The van der Waals surface area contributed by atoms with Crippen molar-refractivity contribution >= 4 is 17.7 Å². The highest BCUT2D eigenvalue weighted by Gasteiger charge is 2.37. The number of amides is 3. The Kier molecular flexibility index (Phi) is 7.68. The van der Waals surface area contributed by atoms with E-state index in [-0.39, 0.29) is 29.6 Å². The molecule has 2 N–H and O–H groups in total. The molecule has 1 aliphatic heterocycles. The van der Waals surface area contributed by atoms with Crippen LogP contribution in [0.5, 0.6) is 5.75 Å². The number of methoxy groups -OCH3 is 2. The number of nitrogens with zero attached hydrogens (tertiary/aromatic N) is 1. The Morgan fingerprint density at radius 1 is 1.13 bits per heavy atom. The van der Waals surface area contributed by atoms with Crippen molar-refractivity contribution in [1.29, 1.82) is 0 Å². The van der Waals surface area contributed by atoms with E-state index in [0.29, 0.717) is 50.4 Å². The van der Waals surface area contributed by atoms with Crippen LogP contribution in [0.3, 0.4) is 0 Å². The molecule has 1 atom stereocenters. The monoisotopic (exact) mass is 417 g/mol. The fraction of sp³-hybridized carbons (Fsp3) is 0.591. The minimum absolute atomic E-state index is 0.00963. The minimum Gasteiger partial charge on any atom is -0.497 e. The second-order valence-corrected chi connectivity index (χ2v) is 7.91. The number of hydrogen-bond acceptors (Lipinski definition) is 5. The Morgan fingerprint density at radius 2 is 1.87 bits per heavy atom. The molecule has 1 aromatic carbocycles. The molecule has 3 rings (SSSR count). The first-order chi connectivity index (χ1) is 14.5. The average Bonchev–Trinajstić information content (AvgIpc) is 3.63. The molecule has 3 amide bonds. The molecular weight excluding hydrogens is 386 g/mol. The summed E-state index contributed by atoms with van der Waals surface area (Å²) in [6, 6.07) is 6.53. The molecule has 2 aliphatic rings. The van der Waals surface area contributed by atoms with E-state index in [2.05, 4.69) is 10.6 Å². The van der Waals surface area contributed by atoms with Crippen LogP contribution in [0.1, 0.15) is 36.0 Å². The number of benzene rings is 1. The van der Waals surface area contributed by atoms with Crippen LogP contribution in [0.25, 0.3) is 0 Å². The third kappa shape index (κ3) is 5.72. The maximum atomic E-state index is 12.8. The van der Waals surface area contributed by atoms with E-state index in [0.717, 1.165) is 12.8 Å². The first-order valence-electron chi connectivity index (χ1n) is 10.5. The third-order valence-electron chi connectivity index (χ3n) is 5.75. The van der Waals surface area contributed by atoms with Crippen LogP contribution in [0.2, 0.25) is 0 Å². The standard InChI is InChI=1S/C22H31N3O5/c1-29-13-10-23-21(27)19(24-20(26)16-6-7-16)15-8-11-25(12-9-15)22(28)17-4-3-5-18(14-17)30-2/h3-5,14-16,19H,6-13H2,1-2H3,(H,23,27)(H,24,26). The van der Waals surface area contributed by atoms with Crippen molar-refractivity contribution in [3.63, 3.8) is 0 Å². The SMILES string of the molecule is COCCNC(=O)C(NC(=O)C1CC1)C1CCN(C(=O)c2cccc(OC)c2)CC1. The fourth-order valence-electron chi connectivity index (χ4n) is 3.77. The summed E-state index contributed by atoms with van der Waals surface area (Å²) >= 11 is 0. The molecule has 0 aromatic heterocycles. The smallest absolute Gasteiger partial charge is 0.253 e. The second-order valence-electron chi connectivity index (χ2n) is 7.91. The molecule has 1 aliphatic carbocycles. The third-order valence-corrected chi connectivity index (χ3v) is 5.75. The van der Waals surface area contributed by atoms with Crippen LogP contribution in [0, 0.1) is 11.8 Å². The van der Waals surface area contributed by atoms with Crippen molar-refractivity contribution in [2.24, 2.45) is 11.8 Å². The summed E-state index contributed by atoms with van der Waals surface area (Å²) in [6.45, 7) is 1.91. The van der Waals surface area contributed by atoms with E-state index in [1.54, 1.807) is 43.4 Å². The molecule has 2 fully saturated rings. The zero-order valence-corrected chi connectivity index (χ0v) is 17.7. The Morgan fingerprint density at radius 3 is 2.50 bits per heavy atom. The Bertz CT molecular complexity index is 757. The first kappa shape index (κ1) is 22.1. The van der Waals surface area contributed by atoms with Gasteiger partial charge in [-0.15, -0.1) is 0 Å². The molecule has 1 unspecified atom stereocenters. The average molecular weight is 418 g/mol. The molecule has 30 heavy (non-hydrogen) atoms. The normalized spacial score (nSPS) is 17.9. The summed E-state index contributed by atoms with van der Waals surface area (Å²) in [5.41, 5.74) is 0.587. The van der Waals surface area contributed by atoms with Gasteiger partial charge in [0.05, 0.1) is 13.7 Å². The summed E-state index contributed by atoms with van der Waals surface area (Å²) in [6.07, 6.45) is 3.08. The van der Waals surface area contributed by atoms with Gasteiger partial charge >= 0.3 is 0 Å². The van der Waals surface area contributed by atoms with Crippen LogP contribution >= 0.6 is 0 Å². The summed E-state index contributed by atoms with van der Waals surface area (Å²) in [5, 5.41) is 5.80. The summed E-state index contributed by atoms with van der Waals surface area (Å²) < 4.78 is 10.2. The molecule has 0 bridgehead atoms. The van der Waals surface area contributed by atoms with E-state index in [9.17, 15) is 14.4 Å². The lowest BCUT2D eigenvalue weighted by Crippen LogP contribution is -2.54. The summed E-state index contributed by atoms with van der Waals surface area (Å²) in [7, 11) is 3.15. The lowest BCUT2D eigenvalue weighted by Gasteiger charge is -2.36. The number of carbonyl (C=O) groups excluding carboxylic acids is 3. The van der Waals surface area contributed by atoms with E-state index in [1.165, 1.54) is 0 Å². The maximum absolute atomic E-state index is 12.8. The van der Waals surface area contributed by atoms with Crippen molar-refractivity contribution in [1.82, 2.24) is 15.5 Å². The molecule has 1 heterocycles. The number of nitrogens with one attached hydrogen (secondary N) is 2. The Balaban J connectivity index is 1.60. The summed E-state index contributed by atoms with van der Waals surface area (Å²) in [4.78, 5) is 39.7. The first-order valence-corrected chi connectivity index (χ1v) is 10.5. The zero-order chi connectivity index (χ0) is 21.5. The highest BCUT2D eigenvalue weighted by molar-refractivity contribution is 5.94. The molecule has 8 nitrogen and oxygen atoms in total. The van der Waals surface area contributed by atoms with Crippen LogP contribution in [-0.2, 0) is 14.3 Å². The molecular formula is C22H31N3O5. The second kappa shape index (κ2) is 10.4. The van der Waals surface area contributed by atoms with Gasteiger partial charge in [0.25, 0.3) is 5.91 Å². The van der Waals surface area contributed by atoms with Gasteiger partial charge in [0, 0.05) is 38.2 Å². The van der Waals surface area contributed by atoms with Gasteiger partial charge < -0.3 is 25.0 Å². The minimum atomic E-state index is -0.580. The van der Waals surface area contributed by atoms with Crippen LogP contribution in [0.4, 0.5) is 0 Å². The topological polar surface area (TPSA) is 97.0 Å². The highest BCUT2D eigenvalue weighted by Crippen LogP contribution is 2.30. The molecule has 8 heteroatoms. The van der Waals surface area contributed by atoms with Crippen LogP contribution in [0.15, 0.2) is 24.3 Å². The largest absolute Gasteiger partial charge is 0.497 e. The highest BCUT2D eigenvalue weighted by atomic mass is 16.5. The van der Waals surface area contributed by atoms with E-state index in [4.69, 9.17) is 9.47 Å². The van der Waals surface area contributed by atoms with Crippen molar-refractivity contribution in [2.75, 3.05) is 40.5 Å². The van der Waals surface area contributed by atoms with Crippen LogP contribution in [-0.4, -0.2) is 69.1 Å². The Hall–Kier alpha value is -2.61. The van der Waals surface area contributed by atoms with Gasteiger partial charge in [-0.1, -0.05) is 6.07 Å². The molecule has 1 aromatic rings. The van der Waals surface area contributed by atoms with E-state index < -0.39 is 6.04 Å². The predicted molar refractivity (Wildman–Crippen MR) is 111 cm³/mol. The van der Waals surface area contributed by atoms with Gasteiger partial charge in [-0.2, -0.15) is 0 Å². The number of likely N-dealkylation sites (tertiary alicyclic amines) is 1. The molecule has 1 saturated heterocycles. The fourth-order valence-corrected chi connectivity index (χ4v) is 3.77. The number of carbonyl (C=O) groups is 3. The lowest BCUT2D eigenvalue weighted by atomic mass is 9.88. The predicted octanol–water partition coefficient (Wildman–Crippen LogP) is 1.20. The van der Waals surface area contributed by atoms with Crippen molar-refractivity contribution < 1.29 is 23.9 Å². The molecule has 164 valence electrons. The van der Waals surface area contributed by atoms with Gasteiger partial charge in [0.15, 0.2) is 0 Å². The van der Waals surface area contributed by atoms with Crippen molar-refractivity contribution in [3.05, 3.63) is 29.8 Å². The quantitative estimate of drug-likeness (QED) is 0.589. The van der Waals surface area contributed by atoms with Crippen molar-refractivity contribution in [3.8, 4) is 5.75 Å². The number of hydrogen-bond donors (Lipinski definition) is 2. The number of rotatable bonds is 9. The van der Waals surface area contributed by atoms with Gasteiger partial charge in [-0.25, -0.2) is 0 Å². The lowest BCUT2D eigenvalue weighted by molar-refractivity contribution is -0.131. The number of ether oxygens (including phenoxy) is 2. The van der Waals surface area contributed by atoms with Crippen molar-refractivity contribution in [2.45, 2.75) is 31.7 Å². The zero-order valence-electron chi connectivity index (χ0n) is 17.7. The molecule has 0 radical (unpaired) electrons. The molecule has 1 saturated carbocycles. The van der Waals surface area contributed by atoms with Gasteiger partial charge in [0.1, 0.15) is 11.8 Å². The summed E-state index contributed by atoms with van der Waals surface area (Å²) in [5.74, 6) is 0.399. The van der Waals surface area contributed by atoms with Gasteiger partial charge in [-0.05, 0) is 49.8 Å². The number of piperidine rings is 1. The van der Waals surface area contributed by atoms with Gasteiger partial charge in [0.2, 0.25) is 11.8 Å². The van der Waals surface area contributed by atoms with Gasteiger partial charge in [-0.3, -0.25) is 14.4 Å². The molecule has 0 spiro atoms. The Labute approximate surface area is 177 Å². The maximum Gasteiger partial charge on any atom is 0.253 e. The van der Waals surface area contributed by atoms with E-state index >= 15 is 0 Å². The van der Waals surface area contributed by atoms with E-state index in [1.807, 2.05) is 0 Å².